The van der Waals surface area contributed by atoms with Crippen LogP contribution in [0.25, 0.3) is 0 Å². The highest BCUT2D eigenvalue weighted by molar-refractivity contribution is 14.1. The normalized spacial score (nSPS) is 11.6. The second kappa shape index (κ2) is 4.38. The highest BCUT2D eigenvalue weighted by Crippen LogP contribution is 2.17. The van der Waals surface area contributed by atoms with E-state index in [0.29, 0.717) is 0 Å². The van der Waals surface area contributed by atoms with Gasteiger partial charge in [-0.3, -0.25) is 4.99 Å². The van der Waals surface area contributed by atoms with Crippen LogP contribution in [0.2, 0.25) is 0 Å². The molecule has 0 rings (SSSR count). The van der Waals surface area contributed by atoms with Gasteiger partial charge >= 0.3 is 0 Å². The van der Waals surface area contributed by atoms with Crippen molar-refractivity contribution in [3.63, 3.8) is 0 Å². The Morgan fingerprint density at radius 3 is 2.38 bits per heavy atom. The minimum atomic E-state index is 1.04. The molecule has 0 aromatic heterocycles. The maximum absolute atomic E-state index is 3.93. The van der Waals surface area contributed by atoms with Crippen LogP contribution in [0.3, 0.4) is 0 Å². The predicted molar refractivity (Wildman–Crippen MR) is 49.8 cm³/mol. The largest absolute Gasteiger partial charge is 0.275 e. The number of aliphatic imine (C=N–C) groups is 1. The zero-order chi connectivity index (χ0) is 6.57. The number of hydrogen-bond donors (Lipinski definition) is 0. The van der Waals surface area contributed by atoms with Gasteiger partial charge in [-0.25, -0.2) is 0 Å². The van der Waals surface area contributed by atoms with Crippen LogP contribution in [0.4, 0.5) is 0 Å². The third kappa shape index (κ3) is 4.64. The topological polar surface area (TPSA) is 12.4 Å². The molecule has 46 valence electrons. The number of allylic oxidation sites excluding steroid dienone is 1. The SMILES string of the molecule is C=C(C)S/C(I)=N\C. The Morgan fingerprint density at radius 1 is 1.75 bits per heavy atom. The van der Waals surface area contributed by atoms with Gasteiger partial charge in [-0.1, -0.05) is 18.3 Å². The highest BCUT2D eigenvalue weighted by atomic mass is 127. The Morgan fingerprint density at radius 2 is 2.25 bits per heavy atom. The van der Waals surface area contributed by atoms with Crippen LogP contribution in [0.1, 0.15) is 6.92 Å². The second-order valence-electron chi connectivity index (χ2n) is 1.28. The van der Waals surface area contributed by atoms with E-state index in [9.17, 15) is 0 Å². The van der Waals surface area contributed by atoms with Gasteiger partial charge in [-0.15, -0.1) is 0 Å². The lowest BCUT2D eigenvalue weighted by molar-refractivity contribution is 1.49. The summed E-state index contributed by atoms with van der Waals surface area (Å²) < 4.78 is 1.04. The quantitative estimate of drug-likeness (QED) is 0.390. The van der Waals surface area contributed by atoms with Crippen LogP contribution in [-0.2, 0) is 0 Å². The zero-order valence-electron chi connectivity index (χ0n) is 4.94. The molecular weight excluding hydrogens is 233 g/mol. The lowest BCUT2D eigenvalue weighted by atomic mass is 10.8. The molecule has 0 amide bonds. The number of halogens is 1. The average molecular weight is 241 g/mol. The average Bonchev–Trinajstić information content (AvgIpc) is 1.65. The van der Waals surface area contributed by atoms with Gasteiger partial charge in [0.1, 0.15) is 3.05 Å². The van der Waals surface area contributed by atoms with Gasteiger partial charge in [0.25, 0.3) is 0 Å². The standard InChI is InChI=1S/C5H8INS/c1-4(2)8-5(6)7-3/h1H2,2-3H3/b7-5-. The number of nitrogens with zero attached hydrogens (tertiary/aromatic N) is 1. The summed E-state index contributed by atoms with van der Waals surface area (Å²) >= 11 is 3.77. The first kappa shape index (κ1) is 8.49. The minimum absolute atomic E-state index is 1.04. The van der Waals surface area contributed by atoms with Crippen LogP contribution in [0, 0.1) is 0 Å². The maximum Gasteiger partial charge on any atom is 0.133 e. The summed E-state index contributed by atoms with van der Waals surface area (Å²) in [6.45, 7) is 5.69. The minimum Gasteiger partial charge on any atom is -0.275 e. The van der Waals surface area contributed by atoms with Crippen LogP contribution < -0.4 is 0 Å². The van der Waals surface area contributed by atoms with E-state index >= 15 is 0 Å². The Kier molecular flexibility index (Phi) is 4.64. The Balaban J connectivity index is 3.56. The van der Waals surface area contributed by atoms with E-state index < -0.39 is 0 Å². The fourth-order valence-corrected chi connectivity index (χ4v) is 1.70. The van der Waals surface area contributed by atoms with Crippen molar-refractivity contribution < 1.29 is 0 Å². The molecule has 0 saturated heterocycles. The van der Waals surface area contributed by atoms with Crippen LogP contribution in [-0.4, -0.2) is 10.1 Å². The third-order valence-electron chi connectivity index (χ3n) is 0.434. The molecule has 0 aliphatic rings. The Bertz CT molecular complexity index is 120. The summed E-state index contributed by atoms with van der Waals surface area (Å²) in [6.07, 6.45) is 0. The molecule has 0 aromatic carbocycles. The van der Waals surface area contributed by atoms with Crippen LogP contribution >= 0.6 is 34.4 Å². The van der Waals surface area contributed by atoms with Gasteiger partial charge in [0.15, 0.2) is 0 Å². The lowest BCUT2D eigenvalue weighted by Crippen LogP contribution is -1.73. The molecule has 3 heteroatoms. The van der Waals surface area contributed by atoms with E-state index in [1.54, 1.807) is 18.8 Å². The monoisotopic (exact) mass is 241 g/mol. The smallest absolute Gasteiger partial charge is 0.133 e. The number of hydrogen-bond acceptors (Lipinski definition) is 2. The van der Waals surface area contributed by atoms with E-state index in [-0.39, 0.29) is 0 Å². The molecule has 0 aromatic rings. The molecular formula is C5H8INS. The predicted octanol–water partition coefficient (Wildman–Crippen LogP) is 2.67. The van der Waals surface area contributed by atoms with Crippen LogP contribution in [0.15, 0.2) is 16.5 Å². The number of rotatable bonds is 1. The second-order valence-corrected chi connectivity index (χ2v) is 4.32. The molecule has 0 bridgehead atoms. The van der Waals surface area contributed by atoms with Crippen molar-refractivity contribution in [2.24, 2.45) is 4.99 Å². The molecule has 0 radical (unpaired) electrons. The summed E-state index contributed by atoms with van der Waals surface area (Å²) in [5.41, 5.74) is 0. The lowest BCUT2D eigenvalue weighted by Gasteiger charge is -1.91. The fraction of sp³-hybridized carbons (Fsp3) is 0.400. The van der Waals surface area contributed by atoms with Gasteiger partial charge < -0.3 is 0 Å². The summed E-state index contributed by atoms with van der Waals surface area (Å²) in [7, 11) is 1.78. The highest BCUT2D eigenvalue weighted by Gasteiger charge is 1.89. The summed E-state index contributed by atoms with van der Waals surface area (Å²) in [5, 5.41) is 0. The molecule has 0 unspecified atom stereocenters. The summed E-state index contributed by atoms with van der Waals surface area (Å²) in [5.74, 6) is 0. The molecule has 0 fully saturated rings. The molecule has 0 aliphatic heterocycles. The van der Waals surface area contributed by atoms with E-state index in [1.807, 2.05) is 6.92 Å². The Labute approximate surface area is 67.8 Å². The first-order valence-corrected chi connectivity index (χ1v) is 4.02. The molecule has 0 saturated carbocycles. The molecule has 0 heterocycles. The van der Waals surface area contributed by atoms with Gasteiger partial charge in [0, 0.05) is 7.05 Å². The Hall–Kier alpha value is 0.490. The van der Waals surface area contributed by atoms with E-state index in [0.717, 1.165) is 7.96 Å². The van der Waals surface area contributed by atoms with Crippen molar-refractivity contribution in [1.82, 2.24) is 0 Å². The maximum atomic E-state index is 3.93. The molecule has 0 aliphatic carbocycles. The molecule has 8 heavy (non-hydrogen) atoms. The third-order valence-corrected chi connectivity index (χ3v) is 2.28. The van der Waals surface area contributed by atoms with Gasteiger partial charge in [0.2, 0.25) is 0 Å². The summed E-state index contributed by atoms with van der Waals surface area (Å²) in [6, 6.07) is 0. The van der Waals surface area contributed by atoms with Gasteiger partial charge in [-0.2, -0.15) is 0 Å². The first-order chi connectivity index (χ1) is 3.66. The van der Waals surface area contributed by atoms with E-state index in [1.165, 1.54) is 0 Å². The number of thioether (sulfide) groups is 1. The van der Waals surface area contributed by atoms with Crippen molar-refractivity contribution in [2.45, 2.75) is 6.92 Å². The van der Waals surface area contributed by atoms with Crippen molar-refractivity contribution in [1.29, 1.82) is 0 Å². The molecule has 0 spiro atoms. The van der Waals surface area contributed by atoms with Crippen LogP contribution in [0.5, 0.6) is 0 Å². The summed E-state index contributed by atoms with van der Waals surface area (Å²) in [4.78, 5) is 5.02. The van der Waals surface area contributed by atoms with Crippen molar-refractivity contribution in [3.8, 4) is 0 Å². The van der Waals surface area contributed by atoms with Crippen molar-refractivity contribution >= 4 is 37.4 Å². The van der Waals surface area contributed by atoms with Gasteiger partial charge in [-0.05, 0) is 34.4 Å². The zero-order valence-corrected chi connectivity index (χ0v) is 7.91. The van der Waals surface area contributed by atoms with Gasteiger partial charge in [0.05, 0.1) is 0 Å². The van der Waals surface area contributed by atoms with E-state index in [4.69, 9.17) is 0 Å². The van der Waals surface area contributed by atoms with Crippen molar-refractivity contribution in [2.75, 3.05) is 7.05 Å². The fourth-order valence-electron chi connectivity index (χ4n) is 0.189. The van der Waals surface area contributed by atoms with E-state index in [2.05, 4.69) is 34.2 Å². The van der Waals surface area contributed by atoms with Crippen molar-refractivity contribution in [3.05, 3.63) is 11.5 Å². The molecule has 0 N–H and O–H groups in total. The molecule has 0 atom stereocenters. The first-order valence-electron chi connectivity index (χ1n) is 2.12. The molecule has 1 nitrogen and oxygen atoms in total.